The van der Waals surface area contributed by atoms with E-state index in [0.29, 0.717) is 6.42 Å². The third-order valence-electron chi connectivity index (χ3n) is 3.20. The number of rotatable bonds is 4. The Morgan fingerprint density at radius 2 is 2.05 bits per heavy atom. The minimum absolute atomic E-state index is 0.0314. The second-order valence-corrected chi connectivity index (χ2v) is 6.92. The number of aromatic nitrogens is 2. The van der Waals surface area contributed by atoms with Crippen LogP contribution in [0.15, 0.2) is 23.7 Å². The predicted molar refractivity (Wildman–Crippen MR) is 83.1 cm³/mol. The third kappa shape index (κ3) is 3.64. The highest BCUT2D eigenvalue weighted by Gasteiger charge is 2.20. The smallest absolute Gasteiger partial charge is 0.102 e. The van der Waals surface area contributed by atoms with Crippen LogP contribution in [-0.2, 0) is 18.3 Å². The molecule has 0 fully saturated rings. The number of aryl methyl sites for hydroxylation is 1. The first-order valence-corrected chi connectivity index (χ1v) is 7.86. The lowest BCUT2D eigenvalue weighted by Crippen LogP contribution is -2.11. The van der Waals surface area contributed by atoms with E-state index in [0.717, 1.165) is 22.8 Å². The molecule has 0 aliphatic carbocycles. The zero-order chi connectivity index (χ0) is 14.8. The minimum atomic E-state index is -0.581. The van der Waals surface area contributed by atoms with Crippen molar-refractivity contribution in [1.29, 1.82) is 0 Å². The fourth-order valence-corrected chi connectivity index (χ4v) is 2.83. The molecule has 20 heavy (non-hydrogen) atoms. The summed E-state index contributed by atoms with van der Waals surface area (Å²) >= 11 is 1.61. The third-order valence-corrected chi connectivity index (χ3v) is 4.49. The summed E-state index contributed by atoms with van der Waals surface area (Å²) in [6.45, 7) is 8.50. The Morgan fingerprint density at radius 1 is 1.30 bits per heavy atom. The van der Waals surface area contributed by atoms with E-state index in [1.165, 1.54) is 5.56 Å². The molecule has 2 heterocycles. The van der Waals surface area contributed by atoms with Crippen LogP contribution in [0.3, 0.4) is 0 Å². The lowest BCUT2D eigenvalue weighted by Gasteiger charge is -2.14. The van der Waals surface area contributed by atoms with Crippen LogP contribution in [0.4, 0.5) is 0 Å². The van der Waals surface area contributed by atoms with E-state index in [2.05, 4.69) is 43.7 Å². The quantitative estimate of drug-likeness (QED) is 0.934. The molecule has 0 spiro atoms. The summed E-state index contributed by atoms with van der Waals surface area (Å²) in [5, 5.41) is 13.3. The second kappa shape index (κ2) is 6.02. The highest BCUT2D eigenvalue weighted by Crippen LogP contribution is 2.28. The molecule has 0 saturated carbocycles. The molecule has 3 nitrogen and oxygen atoms in total. The van der Waals surface area contributed by atoms with E-state index < -0.39 is 6.10 Å². The summed E-state index contributed by atoms with van der Waals surface area (Å²) in [6.07, 6.45) is 2.79. The van der Waals surface area contributed by atoms with Gasteiger partial charge in [0.25, 0.3) is 0 Å². The number of aliphatic hydroxyl groups excluding tert-OH is 1. The minimum Gasteiger partial charge on any atom is -0.386 e. The van der Waals surface area contributed by atoms with Crippen LogP contribution in [0, 0.1) is 0 Å². The van der Waals surface area contributed by atoms with E-state index in [1.54, 1.807) is 11.3 Å². The molecule has 1 N–H and O–H groups in total. The summed E-state index contributed by atoms with van der Waals surface area (Å²) in [5.41, 5.74) is 2.90. The van der Waals surface area contributed by atoms with Crippen LogP contribution in [0.5, 0.6) is 0 Å². The van der Waals surface area contributed by atoms with Crippen LogP contribution in [0.2, 0.25) is 0 Å². The van der Waals surface area contributed by atoms with Gasteiger partial charge in [0.15, 0.2) is 0 Å². The van der Waals surface area contributed by atoms with Gasteiger partial charge in [-0.25, -0.2) is 4.98 Å². The topological polar surface area (TPSA) is 46.0 Å². The van der Waals surface area contributed by atoms with Crippen molar-refractivity contribution >= 4 is 11.3 Å². The molecular weight excluding hydrogens is 268 g/mol. The highest BCUT2D eigenvalue weighted by atomic mass is 32.1. The average molecular weight is 290 g/mol. The maximum Gasteiger partial charge on any atom is 0.102 e. The van der Waals surface area contributed by atoms with Gasteiger partial charge in [-0.15, -0.1) is 11.3 Å². The molecule has 2 aromatic rings. The van der Waals surface area contributed by atoms with Crippen molar-refractivity contribution < 1.29 is 5.11 Å². The standard InChI is InChI=1S/C16H22N2OS/c1-5-11-6-7-12(17-9-11)8-14(19)13-10-20-15(18-13)16(2,3)4/h6-7,9-10,14,19H,5,8H2,1-4H3. The van der Waals surface area contributed by atoms with Crippen LogP contribution >= 0.6 is 11.3 Å². The summed E-state index contributed by atoms with van der Waals surface area (Å²) < 4.78 is 0. The van der Waals surface area contributed by atoms with Gasteiger partial charge in [0.05, 0.1) is 10.7 Å². The molecule has 2 rings (SSSR count). The van der Waals surface area contributed by atoms with Crippen LogP contribution in [0.1, 0.15) is 55.8 Å². The highest BCUT2D eigenvalue weighted by molar-refractivity contribution is 7.09. The van der Waals surface area contributed by atoms with E-state index in [9.17, 15) is 5.11 Å². The van der Waals surface area contributed by atoms with E-state index in [1.807, 2.05) is 17.6 Å². The Kier molecular flexibility index (Phi) is 4.55. The fourth-order valence-electron chi connectivity index (χ4n) is 1.87. The van der Waals surface area contributed by atoms with Gasteiger partial charge in [0, 0.05) is 29.1 Å². The Morgan fingerprint density at radius 3 is 2.55 bits per heavy atom. The molecule has 108 valence electrons. The molecule has 0 saturated heterocycles. The van der Waals surface area contributed by atoms with Gasteiger partial charge in [-0.3, -0.25) is 4.98 Å². The summed E-state index contributed by atoms with van der Waals surface area (Å²) in [7, 11) is 0. The summed E-state index contributed by atoms with van der Waals surface area (Å²) in [4.78, 5) is 8.94. The van der Waals surface area contributed by atoms with Crippen molar-refractivity contribution in [2.24, 2.45) is 0 Å². The van der Waals surface area contributed by atoms with Crippen LogP contribution in [0.25, 0.3) is 0 Å². The normalized spacial score (nSPS) is 13.4. The van der Waals surface area contributed by atoms with Crippen molar-refractivity contribution in [2.45, 2.75) is 52.1 Å². The first kappa shape index (κ1) is 15.1. The van der Waals surface area contributed by atoms with Gasteiger partial charge in [-0.2, -0.15) is 0 Å². The maximum atomic E-state index is 10.3. The second-order valence-electron chi connectivity index (χ2n) is 6.06. The molecule has 0 radical (unpaired) electrons. The Labute approximate surface area is 124 Å². The number of nitrogens with zero attached hydrogens (tertiary/aromatic N) is 2. The van der Waals surface area contributed by atoms with E-state index >= 15 is 0 Å². The molecule has 4 heteroatoms. The summed E-state index contributed by atoms with van der Waals surface area (Å²) in [5.74, 6) is 0. The lowest BCUT2D eigenvalue weighted by molar-refractivity contribution is 0.172. The first-order valence-electron chi connectivity index (χ1n) is 6.98. The summed E-state index contributed by atoms with van der Waals surface area (Å²) in [6, 6.07) is 4.05. The van der Waals surface area contributed by atoms with Crippen LogP contribution in [-0.4, -0.2) is 15.1 Å². The SMILES string of the molecule is CCc1ccc(CC(O)c2csc(C(C)(C)C)n2)nc1. The molecule has 1 unspecified atom stereocenters. The fraction of sp³-hybridized carbons (Fsp3) is 0.500. The zero-order valence-corrected chi connectivity index (χ0v) is 13.4. The molecule has 0 aliphatic heterocycles. The van der Waals surface area contributed by atoms with Gasteiger partial charge in [-0.1, -0.05) is 33.8 Å². The molecule has 0 bridgehead atoms. The Balaban J connectivity index is 2.07. The zero-order valence-electron chi connectivity index (χ0n) is 12.6. The number of pyridine rings is 1. The molecule has 0 aliphatic rings. The van der Waals surface area contributed by atoms with Crippen molar-refractivity contribution in [3.8, 4) is 0 Å². The average Bonchev–Trinajstić information content (AvgIpc) is 2.89. The molecule has 2 aromatic heterocycles. The molecule has 0 aromatic carbocycles. The molecule has 1 atom stereocenters. The van der Waals surface area contributed by atoms with Crippen molar-refractivity contribution in [1.82, 2.24) is 9.97 Å². The number of thiazole rings is 1. The largest absolute Gasteiger partial charge is 0.386 e. The lowest BCUT2D eigenvalue weighted by atomic mass is 9.98. The first-order chi connectivity index (χ1) is 9.40. The van der Waals surface area contributed by atoms with Gasteiger partial charge >= 0.3 is 0 Å². The van der Waals surface area contributed by atoms with Gasteiger partial charge in [0.2, 0.25) is 0 Å². The van der Waals surface area contributed by atoms with Gasteiger partial charge in [-0.05, 0) is 18.1 Å². The predicted octanol–water partition coefficient (Wildman–Crippen LogP) is 3.67. The molecule has 0 amide bonds. The maximum absolute atomic E-state index is 10.3. The number of hydrogen-bond acceptors (Lipinski definition) is 4. The van der Waals surface area contributed by atoms with Gasteiger partial charge < -0.3 is 5.11 Å². The van der Waals surface area contributed by atoms with Crippen LogP contribution < -0.4 is 0 Å². The van der Waals surface area contributed by atoms with Gasteiger partial charge in [0.1, 0.15) is 6.10 Å². The van der Waals surface area contributed by atoms with Crippen molar-refractivity contribution in [3.63, 3.8) is 0 Å². The van der Waals surface area contributed by atoms with E-state index in [-0.39, 0.29) is 5.41 Å². The van der Waals surface area contributed by atoms with Crippen molar-refractivity contribution in [2.75, 3.05) is 0 Å². The van der Waals surface area contributed by atoms with Crippen molar-refractivity contribution in [3.05, 3.63) is 45.7 Å². The van der Waals surface area contributed by atoms with E-state index in [4.69, 9.17) is 0 Å². The number of aliphatic hydroxyl groups is 1. The monoisotopic (exact) mass is 290 g/mol. The Hall–Kier alpha value is -1.26. The molecular formula is C16H22N2OS. The Bertz CT molecular complexity index is 555. The number of hydrogen-bond donors (Lipinski definition) is 1.